The van der Waals surface area contributed by atoms with Gasteiger partial charge in [-0.2, -0.15) is 4.98 Å². The highest BCUT2D eigenvalue weighted by Gasteiger charge is 2.10. The topological polar surface area (TPSA) is 49.8 Å². The summed E-state index contributed by atoms with van der Waals surface area (Å²) in [7, 11) is 0. The van der Waals surface area contributed by atoms with E-state index in [0.29, 0.717) is 22.8 Å². The first-order chi connectivity index (χ1) is 10.2. The lowest BCUT2D eigenvalue weighted by atomic mass is 10.1. The number of halogens is 1. The third kappa shape index (κ3) is 4.60. The second kappa shape index (κ2) is 7.84. The third-order valence-electron chi connectivity index (χ3n) is 3.24. The highest BCUT2D eigenvalue weighted by atomic mass is 35.5. The fraction of sp³-hybridized carbons (Fsp3) is 0.375. The molecule has 2 N–H and O–H groups in total. The maximum absolute atomic E-state index is 6.19. The molecule has 112 valence electrons. The van der Waals surface area contributed by atoms with E-state index in [4.69, 9.17) is 11.6 Å². The van der Waals surface area contributed by atoms with Crippen LogP contribution in [0.1, 0.15) is 33.1 Å². The lowest BCUT2D eigenvalue weighted by molar-refractivity contribution is 0.620. The molecule has 4 nitrogen and oxygen atoms in total. The molecule has 0 fully saturated rings. The minimum Gasteiger partial charge on any atom is -0.366 e. The molecule has 0 saturated heterocycles. The average Bonchev–Trinajstić information content (AvgIpc) is 2.51. The van der Waals surface area contributed by atoms with E-state index in [2.05, 4.69) is 34.4 Å². The first kappa shape index (κ1) is 15.6. The van der Waals surface area contributed by atoms with E-state index in [-0.39, 0.29) is 0 Å². The Kier molecular flexibility index (Phi) is 5.81. The average molecular weight is 305 g/mol. The van der Waals surface area contributed by atoms with Crippen LogP contribution in [0.5, 0.6) is 0 Å². The normalized spacial score (nSPS) is 12.0. The predicted octanol–water partition coefficient (Wildman–Crippen LogP) is 4.86. The highest BCUT2D eigenvalue weighted by molar-refractivity contribution is 6.32. The molecule has 1 heterocycles. The van der Waals surface area contributed by atoms with Gasteiger partial charge in [0.1, 0.15) is 5.02 Å². The van der Waals surface area contributed by atoms with Crippen LogP contribution in [0.25, 0.3) is 0 Å². The Labute approximate surface area is 131 Å². The Balaban J connectivity index is 2.13. The maximum atomic E-state index is 6.19. The van der Waals surface area contributed by atoms with E-state index in [1.54, 1.807) is 6.20 Å². The van der Waals surface area contributed by atoms with E-state index >= 15 is 0 Å². The summed E-state index contributed by atoms with van der Waals surface area (Å²) in [5.41, 5.74) is 0.950. The molecule has 0 amide bonds. The number of nitrogens with zero attached hydrogens (tertiary/aromatic N) is 2. The number of para-hydroxylation sites is 1. The number of aromatic nitrogens is 2. The Morgan fingerprint density at radius 1 is 1.19 bits per heavy atom. The van der Waals surface area contributed by atoms with Crippen molar-refractivity contribution in [3.63, 3.8) is 0 Å². The molecule has 0 aliphatic carbocycles. The van der Waals surface area contributed by atoms with E-state index in [9.17, 15) is 0 Å². The lowest BCUT2D eigenvalue weighted by Gasteiger charge is -2.18. The van der Waals surface area contributed by atoms with Gasteiger partial charge in [-0.15, -0.1) is 0 Å². The van der Waals surface area contributed by atoms with Gasteiger partial charge in [-0.3, -0.25) is 0 Å². The number of hydrogen-bond donors (Lipinski definition) is 2. The first-order valence-electron chi connectivity index (χ1n) is 7.34. The zero-order chi connectivity index (χ0) is 15.1. The Hall–Kier alpha value is -1.81. The largest absolute Gasteiger partial charge is 0.366 e. The summed E-state index contributed by atoms with van der Waals surface area (Å²) in [4.78, 5) is 8.69. The quantitative estimate of drug-likeness (QED) is 0.766. The molecule has 0 aliphatic rings. The molecular formula is C16H21ClN4. The van der Waals surface area contributed by atoms with Crippen LogP contribution >= 0.6 is 11.6 Å². The van der Waals surface area contributed by atoms with Crippen LogP contribution in [-0.2, 0) is 0 Å². The van der Waals surface area contributed by atoms with Crippen LogP contribution in [0, 0.1) is 0 Å². The van der Waals surface area contributed by atoms with Gasteiger partial charge in [0.05, 0.1) is 6.20 Å². The summed E-state index contributed by atoms with van der Waals surface area (Å²) < 4.78 is 0. The number of benzene rings is 1. The molecule has 0 radical (unpaired) electrons. The van der Waals surface area contributed by atoms with E-state index in [0.717, 1.165) is 24.9 Å². The minimum atomic E-state index is 0.381. The van der Waals surface area contributed by atoms with E-state index < -0.39 is 0 Å². The van der Waals surface area contributed by atoms with Crippen LogP contribution < -0.4 is 10.6 Å². The zero-order valence-corrected chi connectivity index (χ0v) is 13.2. The van der Waals surface area contributed by atoms with Crippen LogP contribution in [0.15, 0.2) is 36.5 Å². The summed E-state index contributed by atoms with van der Waals surface area (Å²) in [6, 6.07) is 10.2. The number of hydrogen-bond acceptors (Lipinski definition) is 4. The highest BCUT2D eigenvalue weighted by Crippen LogP contribution is 2.23. The van der Waals surface area contributed by atoms with Crippen molar-refractivity contribution in [1.29, 1.82) is 0 Å². The molecule has 0 saturated carbocycles. The summed E-state index contributed by atoms with van der Waals surface area (Å²) in [6.45, 7) is 4.33. The van der Waals surface area contributed by atoms with Crippen LogP contribution in [0.3, 0.4) is 0 Å². The molecule has 5 heteroatoms. The Morgan fingerprint density at radius 2 is 1.95 bits per heavy atom. The molecule has 0 aliphatic heterocycles. The van der Waals surface area contributed by atoms with Crippen molar-refractivity contribution in [2.45, 2.75) is 39.2 Å². The summed E-state index contributed by atoms with van der Waals surface area (Å²) in [6.07, 6.45) is 4.89. The third-order valence-corrected chi connectivity index (χ3v) is 3.52. The van der Waals surface area contributed by atoms with Crippen LogP contribution in [0.4, 0.5) is 17.5 Å². The fourth-order valence-electron chi connectivity index (χ4n) is 2.10. The van der Waals surface area contributed by atoms with Gasteiger partial charge in [0.25, 0.3) is 0 Å². The molecule has 1 atom stereocenters. The molecule has 0 spiro atoms. The number of rotatable bonds is 7. The Morgan fingerprint density at radius 3 is 2.62 bits per heavy atom. The van der Waals surface area contributed by atoms with Crippen molar-refractivity contribution in [1.82, 2.24) is 9.97 Å². The van der Waals surface area contributed by atoms with Crippen molar-refractivity contribution in [2.75, 3.05) is 10.6 Å². The van der Waals surface area contributed by atoms with Gasteiger partial charge in [0.2, 0.25) is 5.95 Å². The maximum Gasteiger partial charge on any atom is 0.229 e. The summed E-state index contributed by atoms with van der Waals surface area (Å²) in [5, 5.41) is 7.12. The van der Waals surface area contributed by atoms with Crippen molar-refractivity contribution >= 4 is 29.1 Å². The molecule has 1 aromatic heterocycles. The minimum absolute atomic E-state index is 0.381. The first-order valence-corrected chi connectivity index (χ1v) is 7.71. The molecule has 2 aromatic rings. The predicted molar refractivity (Wildman–Crippen MR) is 89.4 cm³/mol. The van der Waals surface area contributed by atoms with E-state index in [1.807, 2.05) is 30.3 Å². The second-order valence-corrected chi connectivity index (χ2v) is 5.33. The van der Waals surface area contributed by atoms with Gasteiger partial charge >= 0.3 is 0 Å². The van der Waals surface area contributed by atoms with Gasteiger partial charge in [0.15, 0.2) is 5.82 Å². The van der Waals surface area contributed by atoms with Crippen LogP contribution in [0.2, 0.25) is 5.02 Å². The smallest absolute Gasteiger partial charge is 0.229 e. The molecular weight excluding hydrogens is 284 g/mol. The van der Waals surface area contributed by atoms with Crippen molar-refractivity contribution < 1.29 is 0 Å². The molecule has 2 rings (SSSR count). The molecule has 1 unspecified atom stereocenters. The van der Waals surface area contributed by atoms with Crippen molar-refractivity contribution in [3.05, 3.63) is 41.6 Å². The second-order valence-electron chi connectivity index (χ2n) is 4.92. The number of anilines is 3. The van der Waals surface area contributed by atoms with Gasteiger partial charge in [0, 0.05) is 11.7 Å². The van der Waals surface area contributed by atoms with Gasteiger partial charge in [-0.05, 0) is 25.0 Å². The monoisotopic (exact) mass is 304 g/mol. The summed E-state index contributed by atoms with van der Waals surface area (Å²) >= 11 is 6.19. The van der Waals surface area contributed by atoms with Crippen molar-refractivity contribution in [3.8, 4) is 0 Å². The van der Waals surface area contributed by atoms with E-state index in [1.165, 1.54) is 0 Å². The molecule has 0 bridgehead atoms. The summed E-state index contributed by atoms with van der Waals surface area (Å²) in [5.74, 6) is 1.23. The fourth-order valence-corrected chi connectivity index (χ4v) is 2.24. The zero-order valence-electron chi connectivity index (χ0n) is 12.4. The Bertz CT molecular complexity index is 559. The van der Waals surface area contributed by atoms with Gasteiger partial charge in [-0.1, -0.05) is 50.1 Å². The standard InChI is InChI=1S/C16H21ClN4/c1-3-8-12(4-2)19-15-14(17)11-18-16(21-15)20-13-9-6-5-7-10-13/h5-7,9-12H,3-4,8H2,1-2H3,(H2,18,19,20,21). The van der Waals surface area contributed by atoms with Gasteiger partial charge < -0.3 is 10.6 Å². The van der Waals surface area contributed by atoms with Crippen molar-refractivity contribution in [2.24, 2.45) is 0 Å². The molecule has 1 aromatic carbocycles. The lowest BCUT2D eigenvalue weighted by Crippen LogP contribution is -2.19. The van der Waals surface area contributed by atoms with Gasteiger partial charge in [-0.25, -0.2) is 4.98 Å². The van der Waals surface area contributed by atoms with Crippen LogP contribution in [-0.4, -0.2) is 16.0 Å². The number of nitrogens with one attached hydrogen (secondary N) is 2. The SMILES string of the molecule is CCCC(CC)Nc1nc(Nc2ccccc2)ncc1Cl. The molecule has 21 heavy (non-hydrogen) atoms.